The van der Waals surface area contributed by atoms with E-state index in [0.717, 1.165) is 30.4 Å². The topological polar surface area (TPSA) is 52.6 Å². The zero-order valence-electron chi connectivity index (χ0n) is 19.6. The smallest absolute Gasteiger partial charge is 0.338 e. The van der Waals surface area contributed by atoms with Gasteiger partial charge in [0, 0.05) is 17.6 Å². The van der Waals surface area contributed by atoms with Crippen molar-refractivity contribution in [1.29, 1.82) is 0 Å². The van der Waals surface area contributed by atoms with Crippen LogP contribution < -0.4 is 4.74 Å². The lowest BCUT2D eigenvalue weighted by atomic mass is 9.98. The van der Waals surface area contributed by atoms with Gasteiger partial charge in [-0.3, -0.25) is 4.79 Å². The number of ether oxygens (including phenoxy) is 2. The molecule has 176 valence electrons. The zero-order valence-corrected chi connectivity index (χ0v) is 19.6. The van der Waals surface area contributed by atoms with Crippen LogP contribution in [-0.4, -0.2) is 18.5 Å². The van der Waals surface area contributed by atoms with E-state index in [1.165, 1.54) is 11.6 Å². The van der Waals surface area contributed by atoms with Crippen LogP contribution in [0, 0.1) is 5.82 Å². The maximum Gasteiger partial charge on any atom is 0.338 e. The minimum atomic E-state index is -0.494. The van der Waals surface area contributed by atoms with Crippen molar-refractivity contribution in [3.63, 3.8) is 0 Å². The lowest BCUT2D eigenvalue weighted by Gasteiger charge is -2.09. The van der Waals surface area contributed by atoms with Crippen LogP contribution in [0.1, 0.15) is 38.7 Å². The van der Waals surface area contributed by atoms with Crippen molar-refractivity contribution >= 4 is 11.9 Å². The molecule has 0 spiro atoms. The molecule has 0 saturated carbocycles. The second kappa shape index (κ2) is 11.9. The third-order valence-electron chi connectivity index (χ3n) is 5.39. The molecule has 0 atom stereocenters. The van der Waals surface area contributed by atoms with Gasteiger partial charge in [-0.1, -0.05) is 62.0 Å². The van der Waals surface area contributed by atoms with E-state index in [-0.39, 0.29) is 11.8 Å². The Morgan fingerprint density at radius 3 is 2.15 bits per heavy atom. The van der Waals surface area contributed by atoms with Crippen LogP contribution in [0.15, 0.2) is 78.9 Å². The standard InChI is InChI=1S/C29H29FO4/c1-4-28(31)33-18-6-5-7-21-8-10-22(11-9-21)24-14-17-26(27(30)19-24)23-12-15-25(16-13-23)34-29(32)20(2)3/h8-17,19H,2,4-7,18H2,1,3H3. The zero-order chi connectivity index (χ0) is 24.5. The maximum absolute atomic E-state index is 14.9. The molecule has 0 fully saturated rings. The van der Waals surface area contributed by atoms with Crippen LogP contribution in [0.5, 0.6) is 5.75 Å². The summed E-state index contributed by atoms with van der Waals surface area (Å²) in [6.07, 6.45) is 3.07. The first-order valence-corrected chi connectivity index (χ1v) is 11.4. The number of benzene rings is 3. The fraction of sp³-hybridized carbons (Fsp3) is 0.241. The second-order valence-electron chi connectivity index (χ2n) is 8.12. The largest absolute Gasteiger partial charge is 0.466 e. The molecule has 3 aromatic carbocycles. The van der Waals surface area contributed by atoms with E-state index in [1.807, 2.05) is 30.3 Å². The summed E-state index contributed by atoms with van der Waals surface area (Å²) in [7, 11) is 0. The molecule has 0 aromatic heterocycles. The second-order valence-corrected chi connectivity index (χ2v) is 8.12. The molecule has 0 radical (unpaired) electrons. The van der Waals surface area contributed by atoms with Crippen LogP contribution >= 0.6 is 0 Å². The quantitative estimate of drug-likeness (QED) is 0.143. The third-order valence-corrected chi connectivity index (χ3v) is 5.39. The summed E-state index contributed by atoms with van der Waals surface area (Å²) in [5.74, 6) is -0.596. The van der Waals surface area contributed by atoms with Crippen molar-refractivity contribution in [1.82, 2.24) is 0 Å². The molecule has 0 N–H and O–H groups in total. The molecule has 4 nitrogen and oxygen atoms in total. The summed E-state index contributed by atoms with van der Waals surface area (Å²) in [4.78, 5) is 22.8. The summed E-state index contributed by atoms with van der Waals surface area (Å²) in [5.41, 5.74) is 4.41. The van der Waals surface area contributed by atoms with E-state index in [1.54, 1.807) is 44.2 Å². The molecule has 0 saturated heterocycles. The Morgan fingerprint density at radius 2 is 1.53 bits per heavy atom. The summed E-state index contributed by atoms with van der Waals surface area (Å²) in [6, 6.07) is 20.0. The number of unbranched alkanes of at least 4 members (excludes halogenated alkanes) is 1. The Morgan fingerprint density at radius 1 is 0.882 bits per heavy atom. The predicted molar refractivity (Wildman–Crippen MR) is 132 cm³/mol. The third kappa shape index (κ3) is 6.88. The van der Waals surface area contributed by atoms with Gasteiger partial charge in [-0.05, 0) is 66.6 Å². The number of carbonyl (C=O) groups excluding carboxylic acids is 2. The first kappa shape index (κ1) is 24.9. The molecule has 0 aliphatic carbocycles. The summed E-state index contributed by atoms with van der Waals surface area (Å²) in [5, 5.41) is 0. The summed E-state index contributed by atoms with van der Waals surface area (Å²) >= 11 is 0. The molecule has 3 rings (SSSR count). The van der Waals surface area contributed by atoms with Gasteiger partial charge in [-0.25, -0.2) is 9.18 Å². The van der Waals surface area contributed by atoms with Crippen LogP contribution in [-0.2, 0) is 20.7 Å². The van der Waals surface area contributed by atoms with Gasteiger partial charge in [0.25, 0.3) is 0 Å². The van der Waals surface area contributed by atoms with Crippen molar-refractivity contribution in [2.24, 2.45) is 0 Å². The number of carbonyl (C=O) groups is 2. The summed E-state index contributed by atoms with van der Waals surface area (Å²) < 4.78 is 25.2. The van der Waals surface area contributed by atoms with Crippen molar-refractivity contribution in [2.45, 2.75) is 39.5 Å². The van der Waals surface area contributed by atoms with Crippen molar-refractivity contribution in [3.8, 4) is 28.0 Å². The lowest BCUT2D eigenvalue weighted by Crippen LogP contribution is -2.07. The van der Waals surface area contributed by atoms with Crippen LogP contribution in [0.3, 0.4) is 0 Å². The van der Waals surface area contributed by atoms with Gasteiger partial charge in [0.05, 0.1) is 6.61 Å². The highest BCUT2D eigenvalue weighted by Crippen LogP contribution is 2.29. The van der Waals surface area contributed by atoms with Gasteiger partial charge in [-0.15, -0.1) is 0 Å². The van der Waals surface area contributed by atoms with Gasteiger partial charge in [-0.2, -0.15) is 0 Å². The van der Waals surface area contributed by atoms with E-state index in [2.05, 4.69) is 6.58 Å². The first-order valence-electron chi connectivity index (χ1n) is 11.4. The average molecular weight is 461 g/mol. The van der Waals surface area contributed by atoms with Gasteiger partial charge in [0.1, 0.15) is 11.6 Å². The molecule has 0 unspecified atom stereocenters. The number of halogens is 1. The molecular formula is C29H29FO4. The minimum Gasteiger partial charge on any atom is -0.466 e. The molecule has 5 heteroatoms. The molecular weight excluding hydrogens is 431 g/mol. The number of hydrogen-bond acceptors (Lipinski definition) is 4. The Balaban J connectivity index is 1.60. The molecule has 34 heavy (non-hydrogen) atoms. The van der Waals surface area contributed by atoms with Crippen LogP contribution in [0.2, 0.25) is 0 Å². The normalized spacial score (nSPS) is 10.6. The molecule has 0 aliphatic heterocycles. The molecule has 0 bridgehead atoms. The van der Waals surface area contributed by atoms with Gasteiger partial charge in [0.2, 0.25) is 0 Å². The summed E-state index contributed by atoms with van der Waals surface area (Å²) in [6.45, 7) is 7.38. The first-order chi connectivity index (χ1) is 16.4. The SMILES string of the molecule is C=C(C)C(=O)Oc1ccc(-c2ccc(-c3ccc(CCCCOC(=O)CC)cc3)cc2F)cc1. The highest BCUT2D eigenvalue weighted by atomic mass is 19.1. The van der Waals surface area contributed by atoms with E-state index >= 15 is 0 Å². The minimum absolute atomic E-state index is 0.163. The van der Waals surface area contributed by atoms with Crippen molar-refractivity contribution in [2.75, 3.05) is 6.61 Å². The van der Waals surface area contributed by atoms with E-state index < -0.39 is 5.97 Å². The Labute approximate surface area is 200 Å². The van der Waals surface area contributed by atoms with Gasteiger partial charge >= 0.3 is 11.9 Å². The fourth-order valence-electron chi connectivity index (χ4n) is 3.41. The van der Waals surface area contributed by atoms with Crippen LogP contribution in [0.4, 0.5) is 4.39 Å². The van der Waals surface area contributed by atoms with Crippen molar-refractivity contribution < 1.29 is 23.5 Å². The monoisotopic (exact) mass is 460 g/mol. The Kier molecular flexibility index (Phi) is 8.74. The number of esters is 2. The van der Waals surface area contributed by atoms with Gasteiger partial charge < -0.3 is 9.47 Å². The molecule has 0 amide bonds. The highest BCUT2D eigenvalue weighted by Gasteiger charge is 2.10. The van der Waals surface area contributed by atoms with E-state index in [9.17, 15) is 14.0 Å². The molecule has 3 aromatic rings. The number of rotatable bonds is 10. The van der Waals surface area contributed by atoms with E-state index in [4.69, 9.17) is 9.47 Å². The van der Waals surface area contributed by atoms with Crippen LogP contribution in [0.25, 0.3) is 22.3 Å². The predicted octanol–water partition coefficient (Wildman–Crippen LogP) is 6.92. The average Bonchev–Trinajstić information content (AvgIpc) is 2.84. The maximum atomic E-state index is 14.9. The highest BCUT2D eigenvalue weighted by molar-refractivity contribution is 5.88. The fourth-order valence-corrected chi connectivity index (χ4v) is 3.41. The Hall–Kier alpha value is -3.73. The van der Waals surface area contributed by atoms with Crippen molar-refractivity contribution in [3.05, 3.63) is 90.3 Å². The van der Waals surface area contributed by atoms with Gasteiger partial charge in [0.15, 0.2) is 0 Å². The Bertz CT molecular complexity index is 1150. The molecule has 0 heterocycles. The lowest BCUT2D eigenvalue weighted by molar-refractivity contribution is -0.143. The number of aryl methyl sites for hydroxylation is 1. The molecule has 0 aliphatic rings. The van der Waals surface area contributed by atoms with E-state index in [0.29, 0.717) is 35.5 Å². The number of hydrogen-bond donors (Lipinski definition) is 0.